The molecule has 65 heavy (non-hydrogen) atoms. The van der Waals surface area contributed by atoms with Crippen LogP contribution < -0.4 is 0 Å². The van der Waals surface area contributed by atoms with Crippen LogP contribution in [-0.4, -0.2) is 37.2 Å². The molecule has 0 saturated heterocycles. The highest BCUT2D eigenvalue weighted by molar-refractivity contribution is 5.71. The van der Waals surface area contributed by atoms with Crippen molar-refractivity contribution in [1.29, 1.82) is 0 Å². The molecule has 0 spiro atoms. The molecule has 6 nitrogen and oxygen atoms in total. The number of carbonyl (C=O) groups excluding carboxylic acids is 3. The second kappa shape index (κ2) is 53.4. The summed E-state index contributed by atoms with van der Waals surface area (Å²) in [5, 5.41) is 0. The number of hydrogen-bond acceptors (Lipinski definition) is 6. The molecular weight excluding hydrogens is 805 g/mol. The molecule has 0 radical (unpaired) electrons. The van der Waals surface area contributed by atoms with E-state index in [0.29, 0.717) is 19.3 Å². The SMILES string of the molecule is CCCCCCCCCCCCCCCCCC(=O)O[C@H](COC(=O)CCCCCCCCCCCCC)COC(=O)CCCCCCCCCCCCCCCCCCCCC(C)C. The fraction of sp³-hybridized carbons (Fsp3) is 0.949. The number of unbranched alkanes of at least 4 members (excludes halogenated alkanes) is 41. The van der Waals surface area contributed by atoms with E-state index in [1.165, 1.54) is 231 Å². The Morgan fingerprint density at radius 3 is 0.754 bits per heavy atom. The Morgan fingerprint density at radius 2 is 0.508 bits per heavy atom. The lowest BCUT2D eigenvalue weighted by Crippen LogP contribution is -2.30. The molecule has 0 aromatic rings. The predicted octanol–water partition coefficient (Wildman–Crippen LogP) is 19.4. The molecule has 0 N–H and O–H groups in total. The van der Waals surface area contributed by atoms with Gasteiger partial charge in [-0.05, 0) is 25.2 Å². The van der Waals surface area contributed by atoms with Crippen LogP contribution in [0.3, 0.4) is 0 Å². The minimum Gasteiger partial charge on any atom is -0.462 e. The summed E-state index contributed by atoms with van der Waals surface area (Å²) in [6.07, 6.45) is 58.1. The Morgan fingerprint density at radius 1 is 0.292 bits per heavy atom. The second-order valence-electron chi connectivity index (χ2n) is 20.8. The number of esters is 3. The van der Waals surface area contributed by atoms with Gasteiger partial charge in [0, 0.05) is 19.3 Å². The van der Waals surface area contributed by atoms with Gasteiger partial charge < -0.3 is 14.2 Å². The first-order chi connectivity index (χ1) is 31.9. The van der Waals surface area contributed by atoms with E-state index >= 15 is 0 Å². The minimum absolute atomic E-state index is 0.0617. The van der Waals surface area contributed by atoms with Crippen molar-refractivity contribution in [2.75, 3.05) is 13.2 Å². The molecule has 0 aliphatic heterocycles. The lowest BCUT2D eigenvalue weighted by molar-refractivity contribution is -0.167. The molecule has 0 aliphatic carbocycles. The van der Waals surface area contributed by atoms with E-state index in [2.05, 4.69) is 27.7 Å². The highest BCUT2D eigenvalue weighted by atomic mass is 16.6. The van der Waals surface area contributed by atoms with Crippen molar-refractivity contribution >= 4 is 17.9 Å². The second-order valence-corrected chi connectivity index (χ2v) is 20.8. The maximum atomic E-state index is 12.8. The van der Waals surface area contributed by atoms with Gasteiger partial charge in [-0.15, -0.1) is 0 Å². The van der Waals surface area contributed by atoms with Crippen LogP contribution in [0.1, 0.15) is 336 Å². The summed E-state index contributed by atoms with van der Waals surface area (Å²) in [5.74, 6) is 0.0240. The van der Waals surface area contributed by atoms with Crippen molar-refractivity contribution in [3.8, 4) is 0 Å². The van der Waals surface area contributed by atoms with Gasteiger partial charge in [0.1, 0.15) is 13.2 Å². The molecule has 0 unspecified atom stereocenters. The molecular formula is C59H114O6. The van der Waals surface area contributed by atoms with E-state index < -0.39 is 6.10 Å². The Labute approximate surface area is 406 Å². The molecule has 386 valence electrons. The molecule has 0 saturated carbocycles. The number of rotatable bonds is 54. The predicted molar refractivity (Wildman–Crippen MR) is 280 cm³/mol. The lowest BCUT2D eigenvalue weighted by atomic mass is 10.0. The van der Waals surface area contributed by atoms with E-state index in [0.717, 1.165) is 63.7 Å². The summed E-state index contributed by atoms with van der Waals surface area (Å²) >= 11 is 0. The van der Waals surface area contributed by atoms with Crippen LogP contribution in [-0.2, 0) is 28.6 Å². The van der Waals surface area contributed by atoms with E-state index in [1.807, 2.05) is 0 Å². The maximum Gasteiger partial charge on any atom is 0.306 e. The van der Waals surface area contributed by atoms with Gasteiger partial charge in [0.25, 0.3) is 0 Å². The van der Waals surface area contributed by atoms with E-state index in [1.54, 1.807) is 0 Å². The van der Waals surface area contributed by atoms with Crippen LogP contribution in [0.15, 0.2) is 0 Å². The van der Waals surface area contributed by atoms with Gasteiger partial charge in [-0.25, -0.2) is 0 Å². The van der Waals surface area contributed by atoms with Crippen LogP contribution in [0, 0.1) is 5.92 Å². The zero-order valence-corrected chi connectivity index (χ0v) is 44.5. The third kappa shape index (κ3) is 53.2. The van der Waals surface area contributed by atoms with Gasteiger partial charge >= 0.3 is 17.9 Å². The van der Waals surface area contributed by atoms with Gasteiger partial charge in [0.15, 0.2) is 6.10 Å². The topological polar surface area (TPSA) is 78.9 Å². The van der Waals surface area contributed by atoms with Gasteiger partial charge in [0.05, 0.1) is 0 Å². The molecule has 0 aromatic heterocycles. The third-order valence-corrected chi connectivity index (χ3v) is 13.5. The summed E-state index contributed by atoms with van der Waals surface area (Å²) in [6.45, 7) is 9.07. The van der Waals surface area contributed by atoms with Gasteiger partial charge in [-0.1, -0.05) is 297 Å². The molecule has 0 rings (SSSR count). The van der Waals surface area contributed by atoms with E-state index in [-0.39, 0.29) is 31.1 Å². The average Bonchev–Trinajstić information content (AvgIpc) is 3.29. The standard InChI is InChI=1S/C59H114O6/c1-5-7-9-11-13-15-17-18-23-28-32-36-40-44-48-52-59(62)65-56(53-63-57(60)50-46-42-38-34-29-16-14-12-10-8-6-2)54-64-58(61)51-47-43-39-35-31-27-25-22-20-19-21-24-26-30-33-37-41-45-49-55(3)4/h55-56H,5-54H2,1-4H3/t56-/m1/s1. The summed E-state index contributed by atoms with van der Waals surface area (Å²) in [6, 6.07) is 0. The quantitative estimate of drug-likeness (QED) is 0.0344. The number of carbonyl (C=O) groups is 3. The van der Waals surface area contributed by atoms with Gasteiger partial charge in [0.2, 0.25) is 0 Å². The molecule has 1 atom stereocenters. The first-order valence-electron chi connectivity index (χ1n) is 29.4. The highest BCUT2D eigenvalue weighted by Crippen LogP contribution is 2.18. The summed E-state index contributed by atoms with van der Waals surface area (Å²) < 4.78 is 16.9. The van der Waals surface area contributed by atoms with Crippen molar-refractivity contribution < 1.29 is 28.6 Å². The zero-order valence-electron chi connectivity index (χ0n) is 44.5. The fourth-order valence-corrected chi connectivity index (χ4v) is 9.10. The molecule has 6 heteroatoms. The van der Waals surface area contributed by atoms with Crippen molar-refractivity contribution in [3.63, 3.8) is 0 Å². The van der Waals surface area contributed by atoms with Crippen LogP contribution in [0.5, 0.6) is 0 Å². The molecule has 0 amide bonds. The maximum absolute atomic E-state index is 12.8. The summed E-state index contributed by atoms with van der Waals surface area (Å²) in [5.41, 5.74) is 0. The van der Waals surface area contributed by atoms with Crippen LogP contribution >= 0.6 is 0 Å². The van der Waals surface area contributed by atoms with Crippen LogP contribution in [0.4, 0.5) is 0 Å². The highest BCUT2D eigenvalue weighted by Gasteiger charge is 2.19. The zero-order chi connectivity index (χ0) is 47.4. The van der Waals surface area contributed by atoms with Crippen molar-refractivity contribution in [2.24, 2.45) is 5.92 Å². The molecule has 0 aromatic carbocycles. The van der Waals surface area contributed by atoms with Gasteiger partial charge in [-0.3, -0.25) is 14.4 Å². The van der Waals surface area contributed by atoms with Crippen LogP contribution in [0.25, 0.3) is 0 Å². The number of ether oxygens (including phenoxy) is 3. The monoisotopic (exact) mass is 919 g/mol. The van der Waals surface area contributed by atoms with E-state index in [9.17, 15) is 14.4 Å². The van der Waals surface area contributed by atoms with Gasteiger partial charge in [-0.2, -0.15) is 0 Å². The summed E-state index contributed by atoms with van der Waals surface area (Å²) in [4.78, 5) is 38.1. The largest absolute Gasteiger partial charge is 0.462 e. The molecule has 0 heterocycles. The molecule has 0 aliphatic rings. The van der Waals surface area contributed by atoms with Crippen molar-refractivity contribution in [3.05, 3.63) is 0 Å². The Balaban J connectivity index is 4.21. The first kappa shape index (κ1) is 63.4. The summed E-state index contributed by atoms with van der Waals surface area (Å²) in [7, 11) is 0. The van der Waals surface area contributed by atoms with Crippen LogP contribution in [0.2, 0.25) is 0 Å². The van der Waals surface area contributed by atoms with Crippen molar-refractivity contribution in [2.45, 2.75) is 342 Å². The molecule has 0 fully saturated rings. The Hall–Kier alpha value is -1.59. The smallest absolute Gasteiger partial charge is 0.306 e. The molecule has 0 bridgehead atoms. The average molecular weight is 920 g/mol. The first-order valence-corrected chi connectivity index (χ1v) is 29.4. The lowest BCUT2D eigenvalue weighted by Gasteiger charge is -2.18. The third-order valence-electron chi connectivity index (χ3n) is 13.5. The number of hydrogen-bond donors (Lipinski definition) is 0. The minimum atomic E-state index is -0.761. The van der Waals surface area contributed by atoms with E-state index in [4.69, 9.17) is 14.2 Å². The Kier molecular flexibility index (Phi) is 52.1. The fourth-order valence-electron chi connectivity index (χ4n) is 9.10. The normalized spacial score (nSPS) is 12.0. The van der Waals surface area contributed by atoms with Crippen molar-refractivity contribution in [1.82, 2.24) is 0 Å². The Bertz CT molecular complexity index is 980.